The van der Waals surface area contributed by atoms with E-state index in [1.165, 1.54) is 5.56 Å². The molecule has 0 aliphatic heterocycles. The molecule has 1 aromatic carbocycles. The third kappa shape index (κ3) is 3.33. The van der Waals surface area contributed by atoms with Gasteiger partial charge in [-0.1, -0.05) is 28.1 Å². The maximum absolute atomic E-state index is 5.72. The van der Waals surface area contributed by atoms with E-state index < -0.39 is 0 Å². The molecule has 0 bridgehead atoms. The molecule has 0 saturated carbocycles. The van der Waals surface area contributed by atoms with E-state index in [4.69, 9.17) is 4.74 Å². The first-order valence-corrected chi connectivity index (χ1v) is 6.73. The van der Waals surface area contributed by atoms with Gasteiger partial charge in [-0.15, -0.1) is 0 Å². The summed E-state index contributed by atoms with van der Waals surface area (Å²) in [6, 6.07) is 8.08. The second-order valence-electron chi connectivity index (χ2n) is 3.77. The second-order valence-corrected chi connectivity index (χ2v) is 4.33. The van der Waals surface area contributed by atoms with Crippen molar-refractivity contribution in [2.75, 3.05) is 0 Å². The highest BCUT2D eigenvalue weighted by Crippen LogP contribution is 2.16. The third-order valence-electron chi connectivity index (χ3n) is 2.47. The van der Waals surface area contributed by atoms with Gasteiger partial charge in [-0.05, 0) is 24.6 Å². The van der Waals surface area contributed by atoms with Crippen LogP contribution in [0, 0.1) is 0 Å². The van der Waals surface area contributed by atoms with Crippen molar-refractivity contribution in [1.82, 2.24) is 9.78 Å². The van der Waals surface area contributed by atoms with E-state index in [0.29, 0.717) is 6.61 Å². The molecule has 0 atom stereocenters. The van der Waals surface area contributed by atoms with Gasteiger partial charge in [0.1, 0.15) is 12.4 Å². The molecule has 0 unspecified atom stereocenters. The molecular formula is C13H15BrN2O. The summed E-state index contributed by atoms with van der Waals surface area (Å²) in [5.74, 6) is 0.895. The highest BCUT2D eigenvalue weighted by Gasteiger charge is 2.00. The Morgan fingerprint density at radius 2 is 2.24 bits per heavy atom. The van der Waals surface area contributed by atoms with E-state index in [0.717, 1.165) is 23.2 Å². The summed E-state index contributed by atoms with van der Waals surface area (Å²) < 4.78 is 7.61. The summed E-state index contributed by atoms with van der Waals surface area (Å²) in [5, 5.41) is 5.06. The smallest absolute Gasteiger partial charge is 0.120 e. The number of benzene rings is 1. The number of halogens is 1. The highest BCUT2D eigenvalue weighted by atomic mass is 79.9. The zero-order valence-electron chi connectivity index (χ0n) is 9.77. The van der Waals surface area contributed by atoms with Crippen LogP contribution in [0.1, 0.15) is 18.1 Å². The molecular weight excluding hydrogens is 280 g/mol. The topological polar surface area (TPSA) is 27.1 Å². The van der Waals surface area contributed by atoms with Crippen molar-refractivity contribution in [3.05, 3.63) is 47.8 Å². The Bertz CT molecular complexity index is 482. The Morgan fingerprint density at radius 3 is 2.94 bits per heavy atom. The van der Waals surface area contributed by atoms with Crippen LogP contribution >= 0.6 is 15.9 Å². The molecule has 17 heavy (non-hydrogen) atoms. The molecule has 1 aromatic heterocycles. The predicted octanol–water partition coefficient (Wildman–Crippen LogP) is 3.38. The van der Waals surface area contributed by atoms with Crippen LogP contribution in [-0.4, -0.2) is 9.78 Å². The van der Waals surface area contributed by atoms with Crippen molar-refractivity contribution in [2.24, 2.45) is 0 Å². The van der Waals surface area contributed by atoms with Crippen LogP contribution in [-0.2, 0) is 18.5 Å². The standard InChI is InChI=1S/C13H15BrN2O/c1-2-16-9-12(8-15-16)10-17-13-5-3-4-11(6-13)7-14/h3-6,8-9H,2,7,10H2,1H3. The largest absolute Gasteiger partial charge is 0.489 e. The molecule has 90 valence electrons. The van der Waals surface area contributed by atoms with Crippen molar-refractivity contribution in [3.8, 4) is 5.75 Å². The van der Waals surface area contributed by atoms with Crippen molar-refractivity contribution in [1.29, 1.82) is 0 Å². The minimum absolute atomic E-state index is 0.561. The number of aryl methyl sites for hydroxylation is 1. The molecule has 1 heterocycles. The Morgan fingerprint density at radius 1 is 1.35 bits per heavy atom. The third-order valence-corrected chi connectivity index (χ3v) is 3.12. The lowest BCUT2D eigenvalue weighted by Crippen LogP contribution is -1.95. The molecule has 3 nitrogen and oxygen atoms in total. The van der Waals surface area contributed by atoms with Gasteiger partial charge in [0.25, 0.3) is 0 Å². The highest BCUT2D eigenvalue weighted by molar-refractivity contribution is 9.08. The maximum atomic E-state index is 5.72. The first-order chi connectivity index (χ1) is 8.31. The van der Waals surface area contributed by atoms with E-state index in [-0.39, 0.29) is 0 Å². The van der Waals surface area contributed by atoms with Gasteiger partial charge in [-0.2, -0.15) is 5.10 Å². The molecule has 4 heteroatoms. The number of nitrogens with zero attached hydrogens (tertiary/aromatic N) is 2. The predicted molar refractivity (Wildman–Crippen MR) is 71.3 cm³/mol. The van der Waals surface area contributed by atoms with Crippen LogP contribution in [0.5, 0.6) is 5.75 Å². The lowest BCUT2D eigenvalue weighted by atomic mass is 10.2. The van der Waals surface area contributed by atoms with Gasteiger partial charge in [-0.25, -0.2) is 0 Å². The Labute approximate surface area is 110 Å². The van der Waals surface area contributed by atoms with E-state index in [1.54, 1.807) is 0 Å². The fourth-order valence-corrected chi connectivity index (χ4v) is 1.89. The van der Waals surface area contributed by atoms with Gasteiger partial charge in [0.15, 0.2) is 0 Å². The van der Waals surface area contributed by atoms with E-state index >= 15 is 0 Å². The van der Waals surface area contributed by atoms with Gasteiger partial charge in [0.05, 0.1) is 6.20 Å². The van der Waals surface area contributed by atoms with Crippen LogP contribution in [0.3, 0.4) is 0 Å². The lowest BCUT2D eigenvalue weighted by Gasteiger charge is -2.05. The van der Waals surface area contributed by atoms with Crippen LogP contribution in [0.25, 0.3) is 0 Å². The van der Waals surface area contributed by atoms with Gasteiger partial charge in [-0.3, -0.25) is 4.68 Å². The number of ether oxygens (including phenoxy) is 1. The van der Waals surface area contributed by atoms with Crippen LogP contribution in [0.15, 0.2) is 36.7 Å². The van der Waals surface area contributed by atoms with E-state index in [1.807, 2.05) is 35.3 Å². The first kappa shape index (κ1) is 12.2. The summed E-state index contributed by atoms with van der Waals surface area (Å²) in [6.45, 7) is 3.52. The Kier molecular flexibility index (Phi) is 4.20. The number of hydrogen-bond acceptors (Lipinski definition) is 2. The van der Waals surface area contributed by atoms with Crippen molar-refractivity contribution < 1.29 is 4.74 Å². The van der Waals surface area contributed by atoms with Gasteiger partial charge in [0.2, 0.25) is 0 Å². The van der Waals surface area contributed by atoms with E-state index in [2.05, 4.69) is 34.0 Å². The molecule has 0 saturated heterocycles. The Balaban J connectivity index is 1.96. The summed E-state index contributed by atoms with van der Waals surface area (Å²) in [6.07, 6.45) is 3.85. The molecule has 0 radical (unpaired) electrons. The molecule has 0 amide bonds. The van der Waals surface area contributed by atoms with Crippen molar-refractivity contribution >= 4 is 15.9 Å². The molecule has 0 spiro atoms. The zero-order chi connectivity index (χ0) is 12.1. The minimum atomic E-state index is 0.561. The quantitative estimate of drug-likeness (QED) is 0.791. The number of alkyl halides is 1. The lowest BCUT2D eigenvalue weighted by molar-refractivity contribution is 0.306. The van der Waals surface area contributed by atoms with Gasteiger partial charge in [0, 0.05) is 23.6 Å². The van der Waals surface area contributed by atoms with Crippen LogP contribution in [0.2, 0.25) is 0 Å². The van der Waals surface area contributed by atoms with Gasteiger partial charge >= 0.3 is 0 Å². The molecule has 0 N–H and O–H groups in total. The van der Waals surface area contributed by atoms with Crippen LogP contribution in [0.4, 0.5) is 0 Å². The molecule has 2 aromatic rings. The summed E-state index contributed by atoms with van der Waals surface area (Å²) >= 11 is 3.43. The normalized spacial score (nSPS) is 10.5. The molecule has 2 rings (SSSR count). The average molecular weight is 295 g/mol. The monoisotopic (exact) mass is 294 g/mol. The average Bonchev–Trinajstić information content (AvgIpc) is 2.84. The SMILES string of the molecule is CCn1cc(COc2cccc(CBr)c2)cn1. The number of rotatable bonds is 5. The van der Waals surface area contributed by atoms with E-state index in [9.17, 15) is 0 Å². The fraction of sp³-hybridized carbons (Fsp3) is 0.308. The van der Waals surface area contributed by atoms with Crippen LogP contribution < -0.4 is 4.74 Å². The second kappa shape index (κ2) is 5.87. The first-order valence-electron chi connectivity index (χ1n) is 5.61. The van der Waals surface area contributed by atoms with Crippen molar-refractivity contribution in [2.45, 2.75) is 25.4 Å². The zero-order valence-corrected chi connectivity index (χ0v) is 11.4. The van der Waals surface area contributed by atoms with Crippen molar-refractivity contribution in [3.63, 3.8) is 0 Å². The summed E-state index contributed by atoms with van der Waals surface area (Å²) in [5.41, 5.74) is 2.31. The minimum Gasteiger partial charge on any atom is -0.489 e. The number of aromatic nitrogens is 2. The summed E-state index contributed by atoms with van der Waals surface area (Å²) in [4.78, 5) is 0. The molecule has 0 fully saturated rings. The Hall–Kier alpha value is -1.29. The maximum Gasteiger partial charge on any atom is 0.120 e. The van der Waals surface area contributed by atoms with Gasteiger partial charge < -0.3 is 4.74 Å². The summed E-state index contributed by atoms with van der Waals surface area (Å²) in [7, 11) is 0. The molecule has 0 aliphatic rings. The molecule has 0 aliphatic carbocycles. The fourth-order valence-electron chi connectivity index (χ4n) is 1.54. The number of hydrogen-bond donors (Lipinski definition) is 0.